The summed E-state index contributed by atoms with van der Waals surface area (Å²) in [4.78, 5) is 56.3. The van der Waals surface area contributed by atoms with Crippen molar-refractivity contribution in [1.29, 1.82) is 0 Å². The van der Waals surface area contributed by atoms with Crippen LogP contribution in [0.15, 0.2) is 101 Å². The van der Waals surface area contributed by atoms with Gasteiger partial charge in [-0.25, -0.2) is 9.79 Å². The van der Waals surface area contributed by atoms with Crippen molar-refractivity contribution in [1.82, 2.24) is 4.90 Å². The highest BCUT2D eigenvalue weighted by atomic mass is 32.2. The number of thioether (sulfide) groups is 1. The van der Waals surface area contributed by atoms with Gasteiger partial charge in [0.15, 0.2) is 6.10 Å². The summed E-state index contributed by atoms with van der Waals surface area (Å²) >= 11 is 1.32. The van der Waals surface area contributed by atoms with E-state index in [-0.39, 0.29) is 23.7 Å². The van der Waals surface area contributed by atoms with Gasteiger partial charge in [-0.1, -0.05) is 60.7 Å². The molecule has 0 aliphatic carbocycles. The summed E-state index contributed by atoms with van der Waals surface area (Å²) in [6.07, 6.45) is 0.246. The Morgan fingerprint density at radius 3 is 2.18 bits per heavy atom. The fourth-order valence-corrected chi connectivity index (χ4v) is 6.45. The molecule has 1 fully saturated rings. The number of fused-ring (bicyclic) bond motifs is 1. The Hall–Kier alpha value is -4.81. The van der Waals surface area contributed by atoms with Gasteiger partial charge in [0.1, 0.15) is 17.7 Å². The molecule has 1 amide bonds. The molecule has 2 atom stereocenters. The average Bonchev–Trinajstić information content (AvgIpc) is 3.04. The lowest BCUT2D eigenvalue weighted by atomic mass is 9.98. The second-order valence-electron chi connectivity index (χ2n) is 10.6. The number of benzene rings is 3. The summed E-state index contributed by atoms with van der Waals surface area (Å²) in [7, 11) is 0. The molecule has 11 nitrogen and oxygen atoms in total. The number of nitrogens with zero attached hydrogens (tertiary/aromatic N) is 3. The molecule has 0 saturated carbocycles. The van der Waals surface area contributed by atoms with Crippen LogP contribution in [0.1, 0.15) is 43.6 Å². The van der Waals surface area contributed by atoms with Crippen LogP contribution < -0.4 is 0 Å². The Morgan fingerprint density at radius 2 is 1.64 bits per heavy atom. The molecule has 2 aliphatic rings. The summed E-state index contributed by atoms with van der Waals surface area (Å²) in [5.41, 5.74) is 0.655. The number of nitro benzene ring substituents is 1. The van der Waals surface area contributed by atoms with Crippen LogP contribution >= 0.6 is 11.8 Å². The van der Waals surface area contributed by atoms with Gasteiger partial charge in [-0.3, -0.25) is 24.6 Å². The van der Waals surface area contributed by atoms with Gasteiger partial charge in [0, 0.05) is 36.6 Å². The summed E-state index contributed by atoms with van der Waals surface area (Å²) in [6.45, 7) is 4.61. The number of rotatable bonds is 11. The van der Waals surface area contributed by atoms with Crippen molar-refractivity contribution >= 4 is 41.5 Å². The lowest BCUT2D eigenvalue weighted by Gasteiger charge is -2.55. The Labute approximate surface area is 264 Å². The van der Waals surface area contributed by atoms with E-state index in [1.54, 1.807) is 13.8 Å². The van der Waals surface area contributed by atoms with Gasteiger partial charge in [0.2, 0.25) is 0 Å². The fraction of sp³-hybridized carbons (Fsp3) is 0.273. The number of carbonyl (C=O) groups is 3. The van der Waals surface area contributed by atoms with E-state index in [2.05, 4.69) is 4.99 Å². The van der Waals surface area contributed by atoms with Crippen molar-refractivity contribution in [3.05, 3.63) is 123 Å². The summed E-state index contributed by atoms with van der Waals surface area (Å²) in [5, 5.41) is 10.3. The number of hydrogen-bond donors (Lipinski definition) is 0. The minimum atomic E-state index is -1.67. The maximum Gasteiger partial charge on any atom is 0.356 e. The molecule has 3 aromatic carbocycles. The molecule has 1 unspecified atom stereocenters. The van der Waals surface area contributed by atoms with Crippen molar-refractivity contribution in [2.24, 2.45) is 4.99 Å². The van der Waals surface area contributed by atoms with Crippen LogP contribution in [0.4, 0.5) is 5.69 Å². The zero-order chi connectivity index (χ0) is 32.1. The van der Waals surface area contributed by atoms with E-state index in [0.29, 0.717) is 11.1 Å². The number of amides is 1. The van der Waals surface area contributed by atoms with E-state index in [4.69, 9.17) is 14.2 Å². The Kier molecular flexibility index (Phi) is 9.45. The highest BCUT2D eigenvalue weighted by molar-refractivity contribution is 8.00. The molecule has 0 aromatic heterocycles. The van der Waals surface area contributed by atoms with Crippen molar-refractivity contribution in [2.45, 2.75) is 44.1 Å². The van der Waals surface area contributed by atoms with Gasteiger partial charge in [-0.15, -0.1) is 11.8 Å². The summed E-state index contributed by atoms with van der Waals surface area (Å²) in [5.74, 6) is -1.64. The van der Waals surface area contributed by atoms with Crippen LogP contribution in [-0.4, -0.2) is 63.4 Å². The molecule has 2 heterocycles. The van der Waals surface area contributed by atoms with Gasteiger partial charge in [0.05, 0.1) is 11.0 Å². The van der Waals surface area contributed by atoms with Gasteiger partial charge >= 0.3 is 11.9 Å². The molecule has 12 heteroatoms. The first-order valence-corrected chi connectivity index (χ1v) is 15.2. The van der Waals surface area contributed by atoms with Crippen LogP contribution in [0.3, 0.4) is 0 Å². The second-order valence-corrected chi connectivity index (χ2v) is 11.7. The lowest BCUT2D eigenvalue weighted by molar-refractivity contribution is -0.384. The average molecular weight is 630 g/mol. The van der Waals surface area contributed by atoms with E-state index in [1.807, 2.05) is 60.7 Å². The lowest BCUT2D eigenvalue weighted by Crippen LogP contribution is -2.74. The molecule has 0 bridgehead atoms. The smallest absolute Gasteiger partial charge is 0.356 e. The number of non-ortho nitro benzene ring substituents is 1. The largest absolute Gasteiger partial charge is 0.461 e. The maximum absolute atomic E-state index is 14.1. The number of β-lactam (4-membered cyclic amide) rings is 1. The third-order valence-electron chi connectivity index (χ3n) is 7.08. The number of ether oxygens (including phenoxy) is 3. The van der Waals surface area contributed by atoms with Crippen molar-refractivity contribution in [3.63, 3.8) is 0 Å². The SMILES string of the molecule is CC(=O)OCC1=C(C(=O)OC(c2ccccc2)c2ccccc2)N2C(=O)C(N=Cc3ccc([N+](=O)[O-])cc3)(OC(C)C)[C@H]2SC1. The molecular weight excluding hydrogens is 598 g/mol. The predicted octanol–water partition coefficient (Wildman–Crippen LogP) is 5.20. The molecule has 1 saturated heterocycles. The number of hydrogen-bond acceptors (Lipinski definition) is 10. The minimum Gasteiger partial charge on any atom is -0.461 e. The molecule has 0 N–H and O–H groups in total. The summed E-state index contributed by atoms with van der Waals surface area (Å²) < 4.78 is 17.5. The quantitative estimate of drug-likeness (QED) is 0.0921. The van der Waals surface area contributed by atoms with E-state index in [1.165, 1.54) is 54.1 Å². The Balaban J connectivity index is 1.50. The molecule has 2 aliphatic heterocycles. The van der Waals surface area contributed by atoms with Crippen LogP contribution in [-0.2, 0) is 28.6 Å². The molecule has 3 aromatic rings. The zero-order valence-corrected chi connectivity index (χ0v) is 25.6. The first-order valence-electron chi connectivity index (χ1n) is 14.2. The van der Waals surface area contributed by atoms with Crippen molar-refractivity contribution in [3.8, 4) is 0 Å². The molecule has 5 rings (SSSR count). The van der Waals surface area contributed by atoms with Crippen LogP contribution in [0, 0.1) is 10.1 Å². The number of carbonyl (C=O) groups excluding carboxylic acids is 3. The molecule has 0 radical (unpaired) electrons. The first kappa shape index (κ1) is 31.6. The van der Waals surface area contributed by atoms with Gasteiger partial charge in [-0.05, 0) is 42.7 Å². The van der Waals surface area contributed by atoms with E-state index in [0.717, 1.165) is 11.1 Å². The normalized spacial score (nSPS) is 19.4. The molecule has 45 heavy (non-hydrogen) atoms. The van der Waals surface area contributed by atoms with Crippen molar-refractivity contribution in [2.75, 3.05) is 12.4 Å². The highest BCUT2D eigenvalue weighted by Gasteiger charge is 2.67. The minimum absolute atomic E-state index is 0.0182. The number of nitro groups is 1. The zero-order valence-electron chi connectivity index (χ0n) is 24.8. The third kappa shape index (κ3) is 6.66. The fourth-order valence-electron chi connectivity index (χ4n) is 5.08. The number of esters is 2. The molecular formula is C33H31N3O8S. The van der Waals surface area contributed by atoms with Crippen molar-refractivity contribution < 1.29 is 33.5 Å². The van der Waals surface area contributed by atoms with Crippen LogP contribution in [0.25, 0.3) is 0 Å². The monoisotopic (exact) mass is 629 g/mol. The third-order valence-corrected chi connectivity index (χ3v) is 8.44. The van der Waals surface area contributed by atoms with Crippen LogP contribution in [0.2, 0.25) is 0 Å². The topological polar surface area (TPSA) is 138 Å². The van der Waals surface area contributed by atoms with E-state index in [9.17, 15) is 24.5 Å². The molecule has 232 valence electrons. The number of aliphatic imine (C=N–C) groups is 1. The Morgan fingerprint density at radius 1 is 1.04 bits per heavy atom. The molecule has 0 spiro atoms. The highest BCUT2D eigenvalue weighted by Crippen LogP contribution is 2.50. The predicted molar refractivity (Wildman–Crippen MR) is 167 cm³/mol. The van der Waals surface area contributed by atoms with Gasteiger partial charge in [0.25, 0.3) is 17.3 Å². The van der Waals surface area contributed by atoms with Crippen LogP contribution in [0.5, 0.6) is 0 Å². The standard InChI is InChI=1S/C33H31N3O8S/c1-21(2)44-33(34-18-23-14-16-27(17-15-23)36(40)41)31(39)35-28(26(19-42-22(3)37)20-45-32(33)35)30(38)43-29(24-10-6-4-7-11-24)25-12-8-5-9-13-25/h4-18,21,29,32H,19-20H2,1-3H3/t32-,33?/m1/s1. The van der Waals surface area contributed by atoms with Gasteiger partial charge in [-0.2, -0.15) is 0 Å². The van der Waals surface area contributed by atoms with E-state index < -0.39 is 46.1 Å². The van der Waals surface area contributed by atoms with E-state index >= 15 is 0 Å². The van der Waals surface area contributed by atoms with Gasteiger partial charge < -0.3 is 14.2 Å². The summed E-state index contributed by atoms with van der Waals surface area (Å²) in [6, 6.07) is 24.2. The Bertz CT molecular complexity index is 1600. The first-order chi connectivity index (χ1) is 21.6. The second kappa shape index (κ2) is 13.4. The maximum atomic E-state index is 14.1.